The molecule has 0 radical (unpaired) electrons. The van der Waals surface area contributed by atoms with Crippen LogP contribution in [0.4, 0.5) is 0 Å². The zero-order valence-corrected chi connectivity index (χ0v) is 13.9. The number of rotatable bonds is 3. The molecule has 3 N–H and O–H groups in total. The van der Waals surface area contributed by atoms with Crippen LogP contribution in [0.3, 0.4) is 0 Å². The highest BCUT2D eigenvalue weighted by Gasteiger charge is 2.33. The number of aromatic amines is 2. The quantitative estimate of drug-likeness (QED) is 0.610. The smallest absolute Gasteiger partial charge is 0.273 e. The maximum Gasteiger partial charge on any atom is 0.273 e. The highest BCUT2D eigenvalue weighted by molar-refractivity contribution is 6.02. The summed E-state index contributed by atoms with van der Waals surface area (Å²) in [4.78, 5) is 33.5. The summed E-state index contributed by atoms with van der Waals surface area (Å²) in [5.74, 6) is -0.345. The Labute approximate surface area is 147 Å². The van der Waals surface area contributed by atoms with Crippen LogP contribution in [0.2, 0.25) is 0 Å². The predicted molar refractivity (Wildman–Crippen MR) is 94.9 cm³/mol. The van der Waals surface area contributed by atoms with Gasteiger partial charge in [-0.05, 0) is 12.5 Å². The number of nitrogens with one attached hydrogen (secondary N) is 3. The Hall–Kier alpha value is -3.41. The Bertz CT molecular complexity index is 1100. The lowest BCUT2D eigenvalue weighted by atomic mass is 9.92. The molecule has 2 atom stereocenters. The fourth-order valence-electron chi connectivity index (χ4n) is 3.72. The van der Waals surface area contributed by atoms with Gasteiger partial charge in [0.2, 0.25) is 5.91 Å². The van der Waals surface area contributed by atoms with Gasteiger partial charge in [0.15, 0.2) is 0 Å². The lowest BCUT2D eigenvalue weighted by molar-refractivity contribution is -0.132. The van der Waals surface area contributed by atoms with Crippen LogP contribution in [-0.4, -0.2) is 49.9 Å². The average Bonchev–Trinajstić information content (AvgIpc) is 3.25. The van der Waals surface area contributed by atoms with Gasteiger partial charge in [0.05, 0.1) is 23.0 Å². The summed E-state index contributed by atoms with van der Waals surface area (Å²) in [7, 11) is 0. The molecule has 1 aliphatic heterocycles. The second kappa shape index (κ2) is 6.15. The number of hydrogen-bond donors (Lipinski definition) is 3. The Morgan fingerprint density at radius 2 is 2.35 bits per heavy atom. The third kappa shape index (κ3) is 2.38. The monoisotopic (exact) mass is 351 g/mol. The van der Waals surface area contributed by atoms with Crippen molar-refractivity contribution >= 4 is 34.1 Å². The second-order valence-corrected chi connectivity index (χ2v) is 6.43. The molecule has 0 bridgehead atoms. The number of carbonyl (C=O) groups is 1. The summed E-state index contributed by atoms with van der Waals surface area (Å²) in [6.45, 7) is 0.843. The number of carbonyl (C=O) groups excluding carboxylic acids is 1. The Morgan fingerprint density at radius 3 is 3.12 bits per heavy atom. The van der Waals surface area contributed by atoms with Crippen LogP contribution in [0.5, 0.6) is 0 Å². The topological polar surface area (TPSA) is 134 Å². The van der Waals surface area contributed by atoms with Gasteiger partial charge in [0.25, 0.3) is 5.56 Å². The summed E-state index contributed by atoms with van der Waals surface area (Å²) in [5, 5.41) is 20.7. The van der Waals surface area contributed by atoms with Gasteiger partial charge < -0.3 is 15.3 Å². The van der Waals surface area contributed by atoms with E-state index in [1.54, 1.807) is 15.8 Å². The molecule has 0 spiro atoms. The van der Waals surface area contributed by atoms with E-state index in [2.05, 4.69) is 15.1 Å². The van der Waals surface area contributed by atoms with Crippen LogP contribution in [-0.2, 0) is 4.79 Å². The largest absolute Gasteiger partial charge is 0.346 e. The van der Waals surface area contributed by atoms with Crippen molar-refractivity contribution in [1.29, 1.82) is 10.7 Å². The molecule has 0 saturated carbocycles. The Balaban J connectivity index is 1.85. The molecule has 26 heavy (non-hydrogen) atoms. The lowest BCUT2D eigenvalue weighted by Crippen LogP contribution is -2.45. The number of pyridine rings is 1. The molecular formula is C17H17N7O2. The van der Waals surface area contributed by atoms with E-state index >= 15 is 0 Å². The fourth-order valence-corrected chi connectivity index (χ4v) is 3.72. The van der Waals surface area contributed by atoms with Gasteiger partial charge in [-0.3, -0.25) is 19.4 Å². The van der Waals surface area contributed by atoms with Gasteiger partial charge in [-0.2, -0.15) is 5.26 Å². The van der Waals surface area contributed by atoms with E-state index in [0.29, 0.717) is 36.1 Å². The van der Waals surface area contributed by atoms with Gasteiger partial charge in [-0.25, -0.2) is 4.98 Å². The maximum absolute atomic E-state index is 12.4. The van der Waals surface area contributed by atoms with Gasteiger partial charge in [-0.15, -0.1) is 0 Å². The standard InChI is InChI=1S/C17H17N7O2/c18-4-1-14(25)23-6-3-10(7-19)13(9-23)24-15-11-2-5-20-16(11)21-8-12(15)17(26)22-24/h2,5,7-8,10,13,19H,1,3,6,9H2,(H,20,21)(H,22,26)/t10-,13+/m1/s1. The molecule has 3 aromatic rings. The molecule has 4 heterocycles. The minimum atomic E-state index is -0.283. The van der Waals surface area contributed by atoms with E-state index in [1.807, 2.05) is 12.1 Å². The molecule has 132 valence electrons. The number of nitrogens with zero attached hydrogens (tertiary/aromatic N) is 4. The normalized spacial score (nSPS) is 20.3. The lowest BCUT2D eigenvalue weighted by Gasteiger charge is -2.37. The van der Waals surface area contributed by atoms with E-state index < -0.39 is 0 Å². The first-order chi connectivity index (χ1) is 12.6. The summed E-state index contributed by atoms with van der Waals surface area (Å²) in [6.07, 6.45) is 5.10. The van der Waals surface area contributed by atoms with Crippen molar-refractivity contribution in [2.45, 2.75) is 18.9 Å². The zero-order valence-electron chi connectivity index (χ0n) is 13.9. The first-order valence-corrected chi connectivity index (χ1v) is 8.35. The van der Waals surface area contributed by atoms with Crippen molar-refractivity contribution in [3.8, 4) is 6.07 Å². The maximum atomic E-state index is 12.4. The van der Waals surface area contributed by atoms with E-state index in [9.17, 15) is 9.59 Å². The molecule has 9 nitrogen and oxygen atoms in total. The number of amides is 1. The third-order valence-electron chi connectivity index (χ3n) is 5.03. The molecule has 1 aliphatic rings. The minimum absolute atomic E-state index is 0.116. The predicted octanol–water partition coefficient (Wildman–Crippen LogP) is 1.16. The number of hydrogen-bond acceptors (Lipinski definition) is 5. The number of aromatic nitrogens is 4. The van der Waals surface area contributed by atoms with Crippen LogP contribution in [0, 0.1) is 22.7 Å². The first kappa shape index (κ1) is 16.1. The Kier molecular flexibility index (Phi) is 3.80. The third-order valence-corrected chi connectivity index (χ3v) is 5.03. The van der Waals surface area contributed by atoms with Crippen LogP contribution in [0.25, 0.3) is 21.9 Å². The number of nitriles is 1. The van der Waals surface area contributed by atoms with Crippen LogP contribution >= 0.6 is 0 Å². The molecule has 0 aliphatic carbocycles. The zero-order chi connectivity index (χ0) is 18.3. The van der Waals surface area contributed by atoms with E-state index in [0.717, 1.165) is 5.39 Å². The molecule has 1 saturated heterocycles. The molecule has 1 amide bonds. The van der Waals surface area contributed by atoms with Gasteiger partial charge in [0.1, 0.15) is 12.1 Å². The molecule has 0 unspecified atom stereocenters. The SMILES string of the molecule is N#CCC(=O)N1CC[C@H](C=N)[C@@H](n2[nH]c(=O)c3cnc4[nH]ccc4c32)C1. The highest BCUT2D eigenvalue weighted by Crippen LogP contribution is 2.31. The van der Waals surface area contributed by atoms with E-state index in [-0.39, 0.29) is 29.8 Å². The van der Waals surface area contributed by atoms with Crippen molar-refractivity contribution in [2.24, 2.45) is 5.92 Å². The fraction of sp³-hybridized carbons (Fsp3) is 0.353. The van der Waals surface area contributed by atoms with Gasteiger partial charge in [0, 0.05) is 43.0 Å². The summed E-state index contributed by atoms with van der Waals surface area (Å²) >= 11 is 0. The van der Waals surface area contributed by atoms with Crippen LogP contribution in [0.15, 0.2) is 23.3 Å². The second-order valence-electron chi connectivity index (χ2n) is 6.43. The van der Waals surface area contributed by atoms with Crippen molar-refractivity contribution in [3.05, 3.63) is 28.8 Å². The van der Waals surface area contributed by atoms with Crippen molar-refractivity contribution in [3.63, 3.8) is 0 Å². The van der Waals surface area contributed by atoms with Crippen LogP contribution in [0.1, 0.15) is 18.9 Å². The van der Waals surface area contributed by atoms with Crippen molar-refractivity contribution < 1.29 is 4.79 Å². The summed E-state index contributed by atoms with van der Waals surface area (Å²) in [5.41, 5.74) is 1.14. The molecule has 9 heteroatoms. The number of fused-ring (bicyclic) bond motifs is 3. The van der Waals surface area contributed by atoms with Gasteiger partial charge in [-0.1, -0.05) is 0 Å². The number of likely N-dealkylation sites (tertiary alicyclic amines) is 1. The van der Waals surface area contributed by atoms with E-state index in [4.69, 9.17) is 10.7 Å². The number of piperidine rings is 1. The molecule has 4 rings (SSSR count). The van der Waals surface area contributed by atoms with Crippen molar-refractivity contribution in [1.82, 2.24) is 24.6 Å². The molecule has 0 aromatic carbocycles. The van der Waals surface area contributed by atoms with E-state index in [1.165, 1.54) is 12.4 Å². The minimum Gasteiger partial charge on any atom is -0.346 e. The summed E-state index contributed by atoms with van der Waals surface area (Å²) < 4.78 is 1.76. The van der Waals surface area contributed by atoms with Gasteiger partial charge >= 0.3 is 0 Å². The average molecular weight is 351 g/mol. The molecular weight excluding hydrogens is 334 g/mol. The highest BCUT2D eigenvalue weighted by atomic mass is 16.2. The molecule has 1 fully saturated rings. The Morgan fingerprint density at radius 1 is 1.50 bits per heavy atom. The van der Waals surface area contributed by atoms with Crippen molar-refractivity contribution in [2.75, 3.05) is 13.1 Å². The number of H-pyrrole nitrogens is 2. The van der Waals surface area contributed by atoms with Crippen LogP contribution < -0.4 is 5.56 Å². The molecule has 3 aromatic heterocycles. The summed E-state index contributed by atoms with van der Waals surface area (Å²) in [6, 6.07) is 3.46. The first-order valence-electron chi connectivity index (χ1n) is 8.35.